The summed E-state index contributed by atoms with van der Waals surface area (Å²) in [4.78, 5) is 2.31. The minimum Gasteiger partial charge on any atom is -0.508 e. The molecule has 0 heterocycles. The molecule has 9 heteroatoms. The van der Waals surface area contributed by atoms with E-state index in [2.05, 4.69) is 50.1 Å². The van der Waals surface area contributed by atoms with Crippen LogP contribution in [0.15, 0.2) is 127 Å². The Balaban J connectivity index is 0.000000206. The molecule has 6 aromatic carbocycles. The minimum atomic E-state index is -0.661. The molecular weight excluding hydrogens is 765 g/mol. The molecule has 0 bridgehead atoms. The van der Waals surface area contributed by atoms with Crippen LogP contribution in [0, 0.1) is 17.2 Å². The zero-order valence-electron chi connectivity index (χ0n) is 36.1. The van der Waals surface area contributed by atoms with Gasteiger partial charge in [-0.3, -0.25) is 0 Å². The van der Waals surface area contributed by atoms with Crippen molar-refractivity contribution in [1.82, 2.24) is 4.90 Å². The van der Waals surface area contributed by atoms with Gasteiger partial charge in [0.15, 0.2) is 23.0 Å². The highest BCUT2D eigenvalue weighted by molar-refractivity contribution is 5.86. The van der Waals surface area contributed by atoms with Crippen molar-refractivity contribution < 1.29 is 34.3 Å². The fourth-order valence-electron chi connectivity index (χ4n) is 8.70. The number of ether oxygens (including phenoxy) is 4. The SMILES string of the molecule is COc1ccc(CCN(C)CCCC(C#N)(c2ccc(OC)c(OC)c2)C(C)C)cc1OC.Oc1ccc(C2(c3ccc(O)cc3)c3ccccc3-c3ccc(O)cc32)cc1. The van der Waals surface area contributed by atoms with Gasteiger partial charge in [0.25, 0.3) is 0 Å². The van der Waals surface area contributed by atoms with Crippen molar-refractivity contribution >= 4 is 0 Å². The van der Waals surface area contributed by atoms with E-state index < -0.39 is 10.8 Å². The Bertz CT molecular complexity index is 2410. The second-order valence-corrected chi connectivity index (χ2v) is 15.8. The first-order valence-corrected chi connectivity index (χ1v) is 20.5. The van der Waals surface area contributed by atoms with Crippen molar-refractivity contribution in [2.24, 2.45) is 5.92 Å². The zero-order chi connectivity index (χ0) is 43.7. The van der Waals surface area contributed by atoms with E-state index in [-0.39, 0.29) is 23.2 Å². The number of methoxy groups -OCH3 is 4. The van der Waals surface area contributed by atoms with E-state index in [0.29, 0.717) is 11.5 Å². The highest BCUT2D eigenvalue weighted by Crippen LogP contribution is 2.57. The van der Waals surface area contributed by atoms with Gasteiger partial charge in [-0.25, -0.2) is 0 Å². The van der Waals surface area contributed by atoms with Gasteiger partial charge < -0.3 is 39.2 Å². The van der Waals surface area contributed by atoms with Crippen LogP contribution in [0.25, 0.3) is 11.1 Å². The van der Waals surface area contributed by atoms with Crippen LogP contribution >= 0.6 is 0 Å². The molecule has 0 radical (unpaired) electrons. The third-order valence-electron chi connectivity index (χ3n) is 12.1. The van der Waals surface area contributed by atoms with E-state index >= 15 is 0 Å². The Labute approximate surface area is 360 Å². The molecule has 0 fully saturated rings. The highest BCUT2D eigenvalue weighted by Gasteiger charge is 2.46. The molecule has 3 N–H and O–H groups in total. The van der Waals surface area contributed by atoms with Gasteiger partial charge in [-0.2, -0.15) is 5.26 Å². The minimum absolute atomic E-state index is 0.165. The van der Waals surface area contributed by atoms with Crippen LogP contribution in [0.2, 0.25) is 0 Å². The third-order valence-corrected chi connectivity index (χ3v) is 12.1. The monoisotopic (exact) mass is 820 g/mol. The van der Waals surface area contributed by atoms with Crippen LogP contribution in [0.3, 0.4) is 0 Å². The lowest BCUT2D eigenvalue weighted by Crippen LogP contribution is -2.32. The third kappa shape index (κ3) is 8.82. The Morgan fingerprint density at radius 3 is 1.72 bits per heavy atom. The lowest BCUT2D eigenvalue weighted by molar-refractivity contribution is 0.292. The van der Waals surface area contributed by atoms with E-state index in [9.17, 15) is 20.6 Å². The molecule has 1 aliphatic carbocycles. The van der Waals surface area contributed by atoms with Crippen molar-refractivity contribution in [1.29, 1.82) is 5.26 Å². The molecule has 0 aliphatic heterocycles. The summed E-state index contributed by atoms with van der Waals surface area (Å²) < 4.78 is 21.6. The number of benzene rings is 6. The predicted molar refractivity (Wildman–Crippen MR) is 240 cm³/mol. The van der Waals surface area contributed by atoms with E-state index in [1.165, 1.54) is 5.56 Å². The molecule has 61 heavy (non-hydrogen) atoms. The highest BCUT2D eigenvalue weighted by atomic mass is 16.5. The molecule has 0 spiro atoms. The first kappa shape index (κ1) is 43.9. The van der Waals surface area contributed by atoms with Gasteiger partial charge in [-0.05, 0) is 144 Å². The molecule has 9 nitrogen and oxygen atoms in total. The first-order valence-electron chi connectivity index (χ1n) is 20.5. The quantitative estimate of drug-likeness (QED) is 0.0927. The summed E-state index contributed by atoms with van der Waals surface area (Å²) in [6.45, 7) is 6.06. The number of fused-ring (bicyclic) bond motifs is 3. The Kier molecular flexibility index (Phi) is 13.8. The average molecular weight is 821 g/mol. The largest absolute Gasteiger partial charge is 0.508 e. The molecular formula is C52H56N2O7. The topological polar surface area (TPSA) is 125 Å². The van der Waals surface area contributed by atoms with Crippen LogP contribution < -0.4 is 18.9 Å². The molecule has 6 aromatic rings. The maximum absolute atomic E-state index is 10.3. The summed E-state index contributed by atoms with van der Waals surface area (Å²) in [5.74, 6) is 3.59. The summed E-state index contributed by atoms with van der Waals surface area (Å²) in [6, 6.07) is 42.6. The summed E-state index contributed by atoms with van der Waals surface area (Å²) in [7, 11) is 8.67. The van der Waals surface area contributed by atoms with Gasteiger partial charge in [-0.1, -0.05) is 80.6 Å². The molecule has 7 rings (SSSR count). The number of rotatable bonds is 15. The lowest BCUT2D eigenvalue weighted by atomic mass is 9.67. The summed E-state index contributed by atoms with van der Waals surface area (Å²) in [5, 5.41) is 40.3. The molecule has 316 valence electrons. The van der Waals surface area contributed by atoms with E-state index in [1.807, 2.05) is 78.9 Å². The van der Waals surface area contributed by atoms with Gasteiger partial charge in [0, 0.05) is 6.54 Å². The van der Waals surface area contributed by atoms with Crippen LogP contribution in [-0.4, -0.2) is 68.8 Å². The van der Waals surface area contributed by atoms with E-state index in [0.717, 1.165) is 82.8 Å². The van der Waals surface area contributed by atoms with Crippen molar-refractivity contribution in [3.8, 4) is 57.4 Å². The Hall–Kier alpha value is -6.63. The second-order valence-electron chi connectivity index (χ2n) is 15.8. The summed E-state index contributed by atoms with van der Waals surface area (Å²) in [5.41, 5.74) is 7.16. The molecule has 0 saturated carbocycles. The normalized spacial score (nSPS) is 13.2. The van der Waals surface area contributed by atoms with Gasteiger partial charge in [0.1, 0.15) is 17.2 Å². The fraction of sp³-hybridized carbons (Fsp3) is 0.288. The standard InChI is InChI=1S/C27H38N2O4.C25H18O3/c1-20(2)27(19-28,22-10-12-24(31-5)26(18-22)33-7)14-8-15-29(3)16-13-21-9-11-23(30-4)25(17-21)32-6;26-18-9-5-16(6-10-18)25(17-7-11-19(27)12-8-17)23-4-2-1-3-21(23)22-14-13-20(28)15-24(22)25/h9-12,17-18,20H,8,13-16H2,1-7H3;1-15,26-28H. The second kappa shape index (κ2) is 19.2. The molecule has 0 saturated heterocycles. The van der Waals surface area contributed by atoms with E-state index in [4.69, 9.17) is 18.9 Å². The zero-order valence-corrected chi connectivity index (χ0v) is 36.1. The summed E-state index contributed by atoms with van der Waals surface area (Å²) in [6.07, 6.45) is 2.61. The van der Waals surface area contributed by atoms with Crippen molar-refractivity contribution in [2.75, 3.05) is 48.6 Å². The van der Waals surface area contributed by atoms with E-state index in [1.54, 1.807) is 58.8 Å². The first-order chi connectivity index (χ1) is 29.4. The van der Waals surface area contributed by atoms with Gasteiger partial charge >= 0.3 is 0 Å². The number of aromatic hydroxyl groups is 3. The smallest absolute Gasteiger partial charge is 0.161 e. The molecule has 0 amide bonds. The van der Waals surface area contributed by atoms with Crippen LogP contribution in [-0.2, 0) is 17.3 Å². The molecule has 0 aromatic heterocycles. The number of phenolic OH excluding ortho intramolecular Hbond substituents is 3. The van der Waals surface area contributed by atoms with Crippen LogP contribution in [0.1, 0.15) is 60.1 Å². The fourth-order valence-corrected chi connectivity index (χ4v) is 8.70. The number of hydrogen-bond acceptors (Lipinski definition) is 9. The van der Waals surface area contributed by atoms with Gasteiger partial charge in [0.05, 0.1) is 45.3 Å². The van der Waals surface area contributed by atoms with Crippen molar-refractivity contribution in [2.45, 2.75) is 43.9 Å². The number of hydrogen-bond donors (Lipinski definition) is 3. The molecule has 1 aliphatic rings. The average Bonchev–Trinajstić information content (AvgIpc) is 3.57. The number of likely N-dealkylation sites (N-methyl/N-ethyl adjacent to an activating group) is 1. The maximum atomic E-state index is 10.3. The number of nitriles is 1. The van der Waals surface area contributed by atoms with Crippen molar-refractivity contribution in [3.05, 3.63) is 161 Å². The summed E-state index contributed by atoms with van der Waals surface area (Å²) >= 11 is 0. The van der Waals surface area contributed by atoms with Crippen LogP contribution in [0.4, 0.5) is 0 Å². The number of nitrogens with zero attached hydrogens (tertiary/aromatic N) is 2. The Morgan fingerprint density at radius 1 is 0.607 bits per heavy atom. The molecule has 1 unspecified atom stereocenters. The predicted octanol–water partition coefficient (Wildman–Crippen LogP) is 10.3. The Morgan fingerprint density at radius 2 is 1.15 bits per heavy atom. The van der Waals surface area contributed by atoms with Gasteiger partial charge in [0.2, 0.25) is 0 Å². The van der Waals surface area contributed by atoms with Crippen LogP contribution in [0.5, 0.6) is 40.2 Å². The molecule has 1 atom stereocenters. The lowest BCUT2D eigenvalue weighted by Gasteiger charge is -2.33. The van der Waals surface area contributed by atoms with Crippen molar-refractivity contribution in [3.63, 3.8) is 0 Å². The maximum Gasteiger partial charge on any atom is 0.161 e. The van der Waals surface area contributed by atoms with Gasteiger partial charge in [-0.15, -0.1) is 0 Å². The number of phenols is 3.